The van der Waals surface area contributed by atoms with Crippen molar-refractivity contribution in [3.8, 4) is 5.75 Å². The van der Waals surface area contributed by atoms with Gasteiger partial charge in [-0.1, -0.05) is 46.3 Å². The molecule has 134 valence electrons. The number of carbonyl (C=O) groups excluding carboxylic acids is 1. The summed E-state index contributed by atoms with van der Waals surface area (Å²) in [6, 6.07) is 17.3. The van der Waals surface area contributed by atoms with Crippen molar-refractivity contribution in [2.45, 2.75) is 12.5 Å². The second-order valence-corrected chi connectivity index (χ2v) is 6.71. The molecule has 1 N–H and O–H groups in total. The van der Waals surface area contributed by atoms with Crippen LogP contribution in [0.1, 0.15) is 18.1 Å². The Morgan fingerprint density at radius 1 is 1.04 bits per heavy atom. The standard InChI is InChI=1S/C19H21BrN2O2.ClH/c20-16-7-9-17(10-8-16)24-18(15-5-2-1-3-6-15)19(23)22-13-4-11-21-12-14-22;/h1-3,5-10,18,21H,4,11-14H2;1H. The summed E-state index contributed by atoms with van der Waals surface area (Å²) >= 11 is 3.42. The first-order valence-electron chi connectivity index (χ1n) is 8.21. The molecule has 2 aromatic rings. The zero-order chi connectivity index (χ0) is 16.8. The molecule has 25 heavy (non-hydrogen) atoms. The number of carbonyl (C=O) groups is 1. The van der Waals surface area contributed by atoms with Crippen molar-refractivity contribution in [2.24, 2.45) is 0 Å². The van der Waals surface area contributed by atoms with Gasteiger partial charge in [-0.05, 0) is 37.2 Å². The first kappa shape index (κ1) is 19.8. The molecule has 0 saturated carbocycles. The number of halogens is 2. The molecule has 1 aliphatic heterocycles. The fourth-order valence-electron chi connectivity index (χ4n) is 2.77. The van der Waals surface area contributed by atoms with Crippen molar-refractivity contribution in [3.05, 3.63) is 64.6 Å². The van der Waals surface area contributed by atoms with Gasteiger partial charge >= 0.3 is 0 Å². The zero-order valence-electron chi connectivity index (χ0n) is 13.9. The predicted molar refractivity (Wildman–Crippen MR) is 105 cm³/mol. The van der Waals surface area contributed by atoms with Crippen LogP contribution in [0.15, 0.2) is 59.1 Å². The highest BCUT2D eigenvalue weighted by Gasteiger charge is 2.28. The molecule has 1 unspecified atom stereocenters. The lowest BCUT2D eigenvalue weighted by atomic mass is 10.1. The van der Waals surface area contributed by atoms with Gasteiger partial charge in [0.15, 0.2) is 0 Å². The number of hydrogen-bond acceptors (Lipinski definition) is 3. The van der Waals surface area contributed by atoms with Crippen molar-refractivity contribution >= 4 is 34.2 Å². The Kier molecular flexibility index (Phi) is 7.75. The lowest BCUT2D eigenvalue weighted by Crippen LogP contribution is -2.39. The molecule has 0 bridgehead atoms. The Labute approximate surface area is 163 Å². The van der Waals surface area contributed by atoms with Gasteiger partial charge in [0.1, 0.15) is 5.75 Å². The summed E-state index contributed by atoms with van der Waals surface area (Å²) < 4.78 is 7.06. The second-order valence-electron chi connectivity index (χ2n) is 5.79. The van der Waals surface area contributed by atoms with Crippen LogP contribution < -0.4 is 10.1 Å². The van der Waals surface area contributed by atoms with Crippen LogP contribution in [0.25, 0.3) is 0 Å². The van der Waals surface area contributed by atoms with Gasteiger partial charge in [0, 0.05) is 29.7 Å². The molecule has 3 rings (SSSR count). The molecule has 2 aromatic carbocycles. The van der Waals surface area contributed by atoms with E-state index in [9.17, 15) is 4.79 Å². The molecule has 0 radical (unpaired) electrons. The molecule has 1 atom stereocenters. The molecular formula is C19H22BrClN2O2. The molecule has 1 fully saturated rings. The Morgan fingerprint density at radius 2 is 1.76 bits per heavy atom. The Morgan fingerprint density at radius 3 is 2.48 bits per heavy atom. The number of amides is 1. The van der Waals surface area contributed by atoms with Gasteiger partial charge < -0.3 is 15.0 Å². The third-order valence-electron chi connectivity index (χ3n) is 4.05. The van der Waals surface area contributed by atoms with Crippen LogP contribution in [0.2, 0.25) is 0 Å². The molecule has 1 saturated heterocycles. The van der Waals surface area contributed by atoms with Crippen molar-refractivity contribution in [3.63, 3.8) is 0 Å². The van der Waals surface area contributed by atoms with Crippen LogP contribution in [0.3, 0.4) is 0 Å². The average Bonchev–Trinajstić information content (AvgIpc) is 2.91. The fourth-order valence-corrected chi connectivity index (χ4v) is 3.03. The van der Waals surface area contributed by atoms with E-state index in [2.05, 4.69) is 21.2 Å². The van der Waals surface area contributed by atoms with Gasteiger partial charge in [0.25, 0.3) is 5.91 Å². The lowest BCUT2D eigenvalue weighted by molar-refractivity contribution is -0.138. The Bertz CT molecular complexity index is 659. The van der Waals surface area contributed by atoms with Crippen molar-refractivity contribution in [1.29, 1.82) is 0 Å². The number of rotatable bonds is 4. The van der Waals surface area contributed by atoms with Gasteiger partial charge in [-0.2, -0.15) is 0 Å². The number of nitrogens with zero attached hydrogens (tertiary/aromatic N) is 1. The molecule has 0 spiro atoms. The SMILES string of the molecule is Cl.O=C(C(Oc1ccc(Br)cc1)c1ccccc1)N1CCCNCC1. The third-order valence-corrected chi connectivity index (χ3v) is 4.57. The molecular weight excluding hydrogens is 404 g/mol. The van der Waals surface area contributed by atoms with Gasteiger partial charge in [0.05, 0.1) is 0 Å². The monoisotopic (exact) mass is 424 g/mol. The minimum Gasteiger partial charge on any atom is -0.476 e. The highest BCUT2D eigenvalue weighted by Crippen LogP contribution is 2.25. The summed E-state index contributed by atoms with van der Waals surface area (Å²) in [6.45, 7) is 3.25. The first-order valence-corrected chi connectivity index (χ1v) is 9.00. The molecule has 1 aliphatic rings. The van der Waals surface area contributed by atoms with E-state index in [1.54, 1.807) is 0 Å². The molecule has 4 nitrogen and oxygen atoms in total. The van der Waals surface area contributed by atoms with Crippen LogP contribution in [0, 0.1) is 0 Å². The molecule has 6 heteroatoms. The molecule has 1 heterocycles. The topological polar surface area (TPSA) is 41.6 Å². The number of hydrogen-bond donors (Lipinski definition) is 1. The maximum atomic E-state index is 13.1. The van der Waals surface area contributed by atoms with Gasteiger partial charge in [-0.15, -0.1) is 12.4 Å². The molecule has 0 aromatic heterocycles. The van der Waals surface area contributed by atoms with Gasteiger partial charge in [-0.3, -0.25) is 4.79 Å². The van der Waals surface area contributed by atoms with E-state index in [1.165, 1.54) is 0 Å². The van der Waals surface area contributed by atoms with Crippen LogP contribution in [0.4, 0.5) is 0 Å². The Hall–Kier alpha value is -1.56. The van der Waals surface area contributed by atoms with Crippen LogP contribution in [-0.2, 0) is 4.79 Å². The van der Waals surface area contributed by atoms with Crippen LogP contribution in [0.5, 0.6) is 5.75 Å². The van der Waals surface area contributed by atoms with E-state index < -0.39 is 6.10 Å². The predicted octanol–water partition coefficient (Wildman–Crippen LogP) is 3.81. The highest BCUT2D eigenvalue weighted by atomic mass is 79.9. The maximum absolute atomic E-state index is 13.1. The smallest absolute Gasteiger partial charge is 0.268 e. The average molecular weight is 426 g/mol. The van der Waals surface area contributed by atoms with E-state index >= 15 is 0 Å². The number of benzene rings is 2. The lowest BCUT2D eigenvalue weighted by Gasteiger charge is -2.26. The molecule has 1 amide bonds. The van der Waals surface area contributed by atoms with Gasteiger partial charge in [-0.25, -0.2) is 0 Å². The first-order chi connectivity index (χ1) is 11.7. The number of nitrogens with one attached hydrogen (secondary N) is 1. The van der Waals surface area contributed by atoms with Crippen LogP contribution in [-0.4, -0.2) is 37.0 Å². The fraction of sp³-hybridized carbons (Fsp3) is 0.316. The molecule has 0 aliphatic carbocycles. The Balaban J connectivity index is 0.00000225. The van der Waals surface area contributed by atoms with Crippen molar-refractivity contribution in [1.82, 2.24) is 10.2 Å². The normalized spacial score (nSPS) is 15.6. The summed E-state index contributed by atoms with van der Waals surface area (Å²) in [6.07, 6.45) is 0.344. The summed E-state index contributed by atoms with van der Waals surface area (Å²) in [7, 11) is 0. The second kappa shape index (κ2) is 9.80. The summed E-state index contributed by atoms with van der Waals surface area (Å²) in [5, 5.41) is 3.33. The third kappa shape index (κ3) is 5.46. The summed E-state index contributed by atoms with van der Waals surface area (Å²) in [5.41, 5.74) is 0.877. The van der Waals surface area contributed by atoms with E-state index in [0.717, 1.165) is 36.1 Å². The van der Waals surface area contributed by atoms with E-state index in [1.807, 2.05) is 59.5 Å². The van der Waals surface area contributed by atoms with Crippen molar-refractivity contribution in [2.75, 3.05) is 26.2 Å². The zero-order valence-corrected chi connectivity index (χ0v) is 16.3. The van der Waals surface area contributed by atoms with E-state index in [-0.39, 0.29) is 18.3 Å². The highest BCUT2D eigenvalue weighted by molar-refractivity contribution is 9.10. The minimum atomic E-state index is -0.620. The number of ether oxygens (including phenoxy) is 1. The van der Waals surface area contributed by atoms with E-state index in [0.29, 0.717) is 12.3 Å². The summed E-state index contributed by atoms with van der Waals surface area (Å²) in [5.74, 6) is 0.709. The minimum absolute atomic E-state index is 0. The maximum Gasteiger partial charge on any atom is 0.268 e. The largest absolute Gasteiger partial charge is 0.476 e. The van der Waals surface area contributed by atoms with E-state index in [4.69, 9.17) is 4.74 Å². The quantitative estimate of drug-likeness (QED) is 0.810. The van der Waals surface area contributed by atoms with Crippen LogP contribution >= 0.6 is 28.3 Å². The van der Waals surface area contributed by atoms with Crippen molar-refractivity contribution < 1.29 is 9.53 Å². The van der Waals surface area contributed by atoms with Gasteiger partial charge in [0.2, 0.25) is 6.10 Å². The summed E-state index contributed by atoms with van der Waals surface area (Å²) in [4.78, 5) is 15.0.